The summed E-state index contributed by atoms with van der Waals surface area (Å²) >= 11 is 0. The molecule has 0 radical (unpaired) electrons. The number of benzene rings is 3. The second kappa shape index (κ2) is 12.4. The molecule has 3 aromatic carbocycles. The molecular weight excluding hydrogens is 477 g/mol. The van der Waals surface area contributed by atoms with Gasteiger partial charge in [-0.15, -0.1) is 0 Å². The highest BCUT2D eigenvalue weighted by Crippen LogP contribution is 2.36. The first-order chi connectivity index (χ1) is 18.6. The van der Waals surface area contributed by atoms with Crippen LogP contribution in [-0.4, -0.2) is 10.9 Å². The number of hydrogen-bond acceptors (Lipinski definition) is 1. The predicted molar refractivity (Wildman–Crippen MR) is 166 cm³/mol. The van der Waals surface area contributed by atoms with Gasteiger partial charge in [0.05, 0.1) is 0 Å². The molecule has 0 aromatic heterocycles. The first-order valence-electron chi connectivity index (χ1n) is 14.7. The van der Waals surface area contributed by atoms with Crippen molar-refractivity contribution in [2.45, 2.75) is 93.2 Å². The van der Waals surface area contributed by atoms with Crippen LogP contribution in [0, 0.1) is 32.5 Å². The Labute approximate surface area is 236 Å². The number of nitrogens with zero attached hydrogens (tertiary/aromatic N) is 1. The summed E-state index contributed by atoms with van der Waals surface area (Å²) in [5.41, 5.74) is 12.7. The van der Waals surface area contributed by atoms with Crippen LogP contribution < -0.4 is 0 Å². The summed E-state index contributed by atoms with van der Waals surface area (Å²) in [6.07, 6.45) is 5.90. The highest BCUT2D eigenvalue weighted by Gasteiger charge is 2.27. The predicted octanol–water partition coefficient (Wildman–Crippen LogP) is 10.4. The molecule has 0 aliphatic heterocycles. The number of halogens is 1. The fraction of sp³-hybridized carbons (Fsp3) is 0.405. The Kier molecular flexibility index (Phi) is 9.15. The lowest BCUT2D eigenvalue weighted by atomic mass is 9.85. The zero-order valence-corrected chi connectivity index (χ0v) is 25.1. The molecule has 0 heterocycles. The van der Waals surface area contributed by atoms with Crippen LogP contribution in [0.5, 0.6) is 0 Å². The van der Waals surface area contributed by atoms with Crippen LogP contribution in [0.2, 0.25) is 0 Å². The van der Waals surface area contributed by atoms with E-state index in [1.54, 1.807) is 6.07 Å². The lowest BCUT2D eigenvalue weighted by molar-refractivity contribution is 0.174. The Morgan fingerprint density at radius 3 is 2.26 bits per heavy atom. The van der Waals surface area contributed by atoms with Crippen LogP contribution in [0.3, 0.4) is 0 Å². The molecule has 3 aromatic rings. The van der Waals surface area contributed by atoms with Crippen molar-refractivity contribution in [1.29, 1.82) is 0 Å². The Morgan fingerprint density at radius 1 is 0.897 bits per heavy atom. The van der Waals surface area contributed by atoms with Crippen LogP contribution in [0.4, 0.5) is 4.39 Å². The van der Waals surface area contributed by atoms with Crippen molar-refractivity contribution in [2.75, 3.05) is 0 Å². The Hall–Kier alpha value is -3.13. The van der Waals surface area contributed by atoms with Crippen molar-refractivity contribution in [3.05, 3.63) is 112 Å². The largest absolute Gasteiger partial charge is 0.364 e. The van der Waals surface area contributed by atoms with Crippen LogP contribution in [0.15, 0.2) is 72.4 Å². The Balaban J connectivity index is 1.73. The number of rotatable bonds is 8. The van der Waals surface area contributed by atoms with E-state index in [1.165, 1.54) is 53.5 Å². The van der Waals surface area contributed by atoms with Gasteiger partial charge in [-0.2, -0.15) is 0 Å². The van der Waals surface area contributed by atoms with Gasteiger partial charge >= 0.3 is 0 Å². The normalized spacial score (nSPS) is 18.1. The van der Waals surface area contributed by atoms with Crippen molar-refractivity contribution in [3.63, 3.8) is 0 Å². The quantitative estimate of drug-likeness (QED) is 0.265. The molecular formula is C37H46FN. The molecule has 4 rings (SSSR count). The molecule has 0 amide bonds. The van der Waals surface area contributed by atoms with E-state index in [0.717, 1.165) is 52.4 Å². The minimum Gasteiger partial charge on any atom is -0.364 e. The SMILES string of the molecule is C=C(/C(C)=C(\C)c1c(C)ccc(F)c1C)N(Cc1cc(-c2cccc(CC)c2)ccc1C)C1CCC(C)CC1. The zero-order chi connectivity index (χ0) is 28.3. The average Bonchev–Trinajstić information content (AvgIpc) is 2.94. The van der Waals surface area contributed by atoms with Crippen molar-refractivity contribution in [2.24, 2.45) is 5.92 Å². The summed E-state index contributed by atoms with van der Waals surface area (Å²) < 4.78 is 14.6. The summed E-state index contributed by atoms with van der Waals surface area (Å²) in [5, 5.41) is 0. The van der Waals surface area contributed by atoms with E-state index < -0.39 is 0 Å². The topological polar surface area (TPSA) is 3.24 Å². The van der Waals surface area contributed by atoms with Crippen LogP contribution in [-0.2, 0) is 13.0 Å². The van der Waals surface area contributed by atoms with Gasteiger partial charge in [0, 0.05) is 18.3 Å². The molecule has 0 unspecified atom stereocenters. The Bertz CT molecular complexity index is 1370. The van der Waals surface area contributed by atoms with E-state index in [2.05, 4.69) is 95.5 Å². The van der Waals surface area contributed by atoms with Crippen LogP contribution in [0.1, 0.15) is 86.8 Å². The fourth-order valence-corrected chi connectivity index (χ4v) is 6.19. The summed E-state index contributed by atoms with van der Waals surface area (Å²) in [4.78, 5) is 2.56. The van der Waals surface area contributed by atoms with Gasteiger partial charge in [0.2, 0.25) is 0 Å². The summed E-state index contributed by atoms with van der Waals surface area (Å²) in [7, 11) is 0. The molecule has 1 nitrogen and oxygen atoms in total. The van der Waals surface area contributed by atoms with E-state index in [1.807, 2.05) is 13.0 Å². The second-order valence-electron chi connectivity index (χ2n) is 11.8. The number of aryl methyl sites for hydroxylation is 3. The molecule has 0 bridgehead atoms. The third-order valence-electron chi connectivity index (χ3n) is 9.11. The average molecular weight is 524 g/mol. The molecule has 206 valence electrons. The van der Waals surface area contributed by atoms with Gasteiger partial charge in [-0.3, -0.25) is 0 Å². The molecule has 1 saturated carbocycles. The maximum absolute atomic E-state index is 14.6. The molecule has 1 aliphatic carbocycles. The van der Waals surface area contributed by atoms with Crippen LogP contribution >= 0.6 is 0 Å². The third-order valence-corrected chi connectivity index (χ3v) is 9.11. The van der Waals surface area contributed by atoms with Crippen molar-refractivity contribution in [3.8, 4) is 11.1 Å². The van der Waals surface area contributed by atoms with Gasteiger partial charge in [0.25, 0.3) is 0 Å². The maximum atomic E-state index is 14.6. The minimum absolute atomic E-state index is 0.147. The molecule has 0 spiro atoms. The summed E-state index contributed by atoms with van der Waals surface area (Å²) in [5.74, 6) is 0.634. The fourth-order valence-electron chi connectivity index (χ4n) is 6.19. The van der Waals surface area contributed by atoms with E-state index in [4.69, 9.17) is 0 Å². The van der Waals surface area contributed by atoms with Gasteiger partial charge in [-0.1, -0.05) is 62.9 Å². The monoisotopic (exact) mass is 523 g/mol. The number of allylic oxidation sites excluding steroid dienone is 2. The highest BCUT2D eigenvalue weighted by atomic mass is 19.1. The second-order valence-corrected chi connectivity index (χ2v) is 11.8. The van der Waals surface area contributed by atoms with Crippen molar-refractivity contribution >= 4 is 5.57 Å². The smallest absolute Gasteiger partial charge is 0.126 e. The first kappa shape index (κ1) is 28.9. The van der Waals surface area contributed by atoms with Gasteiger partial charge in [0.1, 0.15) is 5.82 Å². The third kappa shape index (κ3) is 6.38. The van der Waals surface area contributed by atoms with Gasteiger partial charge in [-0.05, 0) is 140 Å². The lowest BCUT2D eigenvalue weighted by Crippen LogP contribution is -2.37. The number of hydrogen-bond donors (Lipinski definition) is 0. The van der Waals surface area contributed by atoms with E-state index in [9.17, 15) is 4.39 Å². The lowest BCUT2D eigenvalue weighted by Gasteiger charge is -2.40. The van der Waals surface area contributed by atoms with E-state index in [0.29, 0.717) is 6.04 Å². The molecule has 1 aliphatic rings. The maximum Gasteiger partial charge on any atom is 0.126 e. The van der Waals surface area contributed by atoms with Crippen LogP contribution in [0.25, 0.3) is 16.7 Å². The molecule has 0 N–H and O–H groups in total. The van der Waals surface area contributed by atoms with Crippen molar-refractivity contribution in [1.82, 2.24) is 4.90 Å². The summed E-state index contributed by atoms with van der Waals surface area (Å²) in [6.45, 7) is 20.6. The molecule has 0 saturated heterocycles. The highest BCUT2D eigenvalue weighted by molar-refractivity contribution is 5.74. The summed E-state index contributed by atoms with van der Waals surface area (Å²) in [6, 6.07) is 19.7. The molecule has 39 heavy (non-hydrogen) atoms. The Morgan fingerprint density at radius 2 is 1.56 bits per heavy atom. The molecule has 0 atom stereocenters. The standard InChI is InChI=1S/C37H46FN/c1-9-31-11-10-12-32(21-31)33-17-15-25(3)34(22-33)23-39(35-18-13-24(2)14-19-35)30(8)27(5)28(6)37-26(4)16-20-36(38)29(37)7/h10-12,15-17,20-22,24,35H,8-9,13-14,18-19,23H2,1-7H3/b28-27+. The van der Waals surface area contributed by atoms with Gasteiger partial charge in [0.15, 0.2) is 0 Å². The van der Waals surface area contributed by atoms with E-state index >= 15 is 0 Å². The van der Waals surface area contributed by atoms with Crippen molar-refractivity contribution < 1.29 is 4.39 Å². The molecule has 2 heteroatoms. The van der Waals surface area contributed by atoms with E-state index in [-0.39, 0.29) is 5.82 Å². The van der Waals surface area contributed by atoms with Gasteiger partial charge in [-0.25, -0.2) is 4.39 Å². The van der Waals surface area contributed by atoms with Gasteiger partial charge < -0.3 is 4.90 Å². The first-order valence-corrected chi connectivity index (χ1v) is 14.7. The minimum atomic E-state index is -0.147. The molecule has 1 fully saturated rings. The zero-order valence-electron chi connectivity index (χ0n) is 25.1.